The summed E-state index contributed by atoms with van der Waals surface area (Å²) in [6.07, 6.45) is 3.76. The van der Waals surface area contributed by atoms with Gasteiger partial charge in [-0.25, -0.2) is 8.42 Å². The third-order valence-corrected chi connectivity index (χ3v) is 6.71. The molecule has 1 unspecified atom stereocenters. The van der Waals surface area contributed by atoms with Crippen molar-refractivity contribution in [3.8, 4) is 0 Å². The maximum atomic E-state index is 13.1. The van der Waals surface area contributed by atoms with Gasteiger partial charge in [-0.2, -0.15) is 4.72 Å². The summed E-state index contributed by atoms with van der Waals surface area (Å²) in [7, 11) is -3.87. The van der Waals surface area contributed by atoms with Crippen molar-refractivity contribution in [1.29, 1.82) is 0 Å². The smallest absolute Gasteiger partial charge is 0.241 e. The topological polar surface area (TPSA) is 131 Å². The van der Waals surface area contributed by atoms with Crippen molar-refractivity contribution in [2.45, 2.75) is 43.0 Å². The van der Waals surface area contributed by atoms with Crippen molar-refractivity contribution in [3.63, 3.8) is 0 Å². The highest BCUT2D eigenvalue weighted by atomic mass is 32.2. The highest BCUT2D eigenvalue weighted by Crippen LogP contribution is 2.20. The number of carbonyl (C=O) groups is 1. The first-order valence-corrected chi connectivity index (χ1v) is 11.7. The van der Waals surface area contributed by atoms with Crippen LogP contribution >= 0.6 is 0 Å². The summed E-state index contributed by atoms with van der Waals surface area (Å²) >= 11 is 0. The van der Waals surface area contributed by atoms with Crippen LogP contribution in [-0.4, -0.2) is 50.9 Å². The number of likely N-dealkylation sites (tertiary alicyclic amines) is 1. The number of sulfonamides is 1. The lowest BCUT2D eigenvalue weighted by molar-refractivity contribution is -0.134. The molecule has 0 aromatic heterocycles. The highest BCUT2D eigenvalue weighted by molar-refractivity contribution is 7.89. The number of nitrogens with one attached hydrogen (secondary N) is 1. The van der Waals surface area contributed by atoms with Crippen LogP contribution in [0.5, 0.6) is 0 Å². The van der Waals surface area contributed by atoms with Crippen LogP contribution in [0.1, 0.15) is 32.1 Å². The molecule has 1 aliphatic rings. The van der Waals surface area contributed by atoms with E-state index in [-0.39, 0.29) is 16.8 Å². The second-order valence-electron chi connectivity index (χ2n) is 7.52. The molecule has 1 heterocycles. The molecule has 1 fully saturated rings. The third kappa shape index (κ3) is 5.70. The molecule has 9 heteroatoms. The average Bonchev–Trinajstić information content (AvgIpc) is 2.75. The van der Waals surface area contributed by atoms with E-state index in [0.717, 1.165) is 30.0 Å². The number of aliphatic imine (C=N–C) groups is 1. The molecule has 5 N–H and O–H groups in total. The molecule has 2 aromatic rings. The van der Waals surface area contributed by atoms with Crippen molar-refractivity contribution in [2.24, 2.45) is 16.5 Å². The van der Waals surface area contributed by atoms with Crippen LogP contribution in [0.3, 0.4) is 0 Å². The van der Waals surface area contributed by atoms with Crippen LogP contribution in [0.25, 0.3) is 10.8 Å². The van der Waals surface area contributed by atoms with Gasteiger partial charge in [-0.15, -0.1) is 0 Å². The van der Waals surface area contributed by atoms with Gasteiger partial charge in [0.05, 0.1) is 4.90 Å². The first-order chi connectivity index (χ1) is 14.4. The number of carbonyl (C=O) groups excluding carboxylic acids is 1. The molecule has 3 rings (SSSR count). The summed E-state index contributed by atoms with van der Waals surface area (Å²) in [5.41, 5.74) is 10.7. The lowest BCUT2D eigenvalue weighted by Crippen LogP contribution is -2.50. The Hall–Kier alpha value is -2.65. The van der Waals surface area contributed by atoms with Crippen LogP contribution in [0.2, 0.25) is 0 Å². The maximum Gasteiger partial charge on any atom is 0.241 e. The summed E-state index contributed by atoms with van der Waals surface area (Å²) in [6, 6.07) is 11.6. The van der Waals surface area contributed by atoms with Crippen LogP contribution in [0.15, 0.2) is 52.4 Å². The number of rotatable bonds is 8. The second-order valence-corrected chi connectivity index (χ2v) is 9.23. The molecular formula is C21H29N5O3S. The van der Waals surface area contributed by atoms with E-state index in [1.54, 1.807) is 23.1 Å². The van der Waals surface area contributed by atoms with Gasteiger partial charge in [-0.05, 0) is 55.0 Å². The SMILES string of the molecule is NC(N)=NCCCC(NS(=O)(=O)c1ccc2ccccc2c1)C(=O)N1CCCCC1. The minimum atomic E-state index is -3.87. The van der Waals surface area contributed by atoms with Crippen LogP contribution in [-0.2, 0) is 14.8 Å². The fourth-order valence-corrected chi connectivity index (χ4v) is 4.92. The van der Waals surface area contributed by atoms with Crippen molar-refractivity contribution >= 4 is 32.7 Å². The number of benzene rings is 2. The van der Waals surface area contributed by atoms with Crippen molar-refractivity contribution in [3.05, 3.63) is 42.5 Å². The highest BCUT2D eigenvalue weighted by Gasteiger charge is 2.29. The molecule has 8 nitrogen and oxygen atoms in total. The second kappa shape index (κ2) is 9.90. The number of hydrogen-bond acceptors (Lipinski definition) is 4. The van der Waals surface area contributed by atoms with Gasteiger partial charge < -0.3 is 16.4 Å². The first kappa shape index (κ1) is 22.0. The number of amides is 1. The molecule has 0 spiro atoms. The molecule has 0 saturated carbocycles. The lowest BCUT2D eigenvalue weighted by Gasteiger charge is -2.30. The molecule has 2 aromatic carbocycles. The van der Waals surface area contributed by atoms with Gasteiger partial charge in [0.2, 0.25) is 15.9 Å². The predicted octanol–water partition coefficient (Wildman–Crippen LogP) is 1.55. The number of hydrogen-bond donors (Lipinski definition) is 3. The minimum Gasteiger partial charge on any atom is -0.370 e. The van der Waals surface area contributed by atoms with Crippen LogP contribution < -0.4 is 16.2 Å². The van der Waals surface area contributed by atoms with E-state index < -0.39 is 16.1 Å². The Morgan fingerprint density at radius 3 is 2.47 bits per heavy atom. The molecule has 1 atom stereocenters. The third-order valence-electron chi connectivity index (χ3n) is 5.24. The molecule has 0 bridgehead atoms. The Kier molecular flexibility index (Phi) is 7.28. The summed E-state index contributed by atoms with van der Waals surface area (Å²) in [5.74, 6) is -0.214. The normalized spacial score (nSPS) is 15.7. The maximum absolute atomic E-state index is 13.1. The minimum absolute atomic E-state index is 0.0225. The van der Waals surface area contributed by atoms with Crippen molar-refractivity contribution in [1.82, 2.24) is 9.62 Å². The Labute approximate surface area is 177 Å². The lowest BCUT2D eigenvalue weighted by atomic mass is 10.1. The average molecular weight is 432 g/mol. The largest absolute Gasteiger partial charge is 0.370 e. The molecule has 162 valence electrons. The zero-order chi connectivity index (χ0) is 21.6. The van der Waals surface area contributed by atoms with E-state index in [0.29, 0.717) is 32.5 Å². The summed E-state index contributed by atoms with van der Waals surface area (Å²) in [4.78, 5) is 18.9. The van der Waals surface area contributed by atoms with Gasteiger partial charge in [0.1, 0.15) is 6.04 Å². The molecule has 1 saturated heterocycles. The van der Waals surface area contributed by atoms with Gasteiger partial charge in [0.15, 0.2) is 5.96 Å². The van der Waals surface area contributed by atoms with Crippen LogP contribution in [0, 0.1) is 0 Å². The Morgan fingerprint density at radius 1 is 1.07 bits per heavy atom. The monoisotopic (exact) mass is 431 g/mol. The molecule has 0 radical (unpaired) electrons. The Bertz CT molecular complexity index is 1010. The van der Waals surface area contributed by atoms with Gasteiger partial charge in [-0.3, -0.25) is 9.79 Å². The fraction of sp³-hybridized carbons (Fsp3) is 0.429. The number of fused-ring (bicyclic) bond motifs is 1. The molecule has 30 heavy (non-hydrogen) atoms. The van der Waals surface area contributed by atoms with E-state index >= 15 is 0 Å². The van der Waals surface area contributed by atoms with Crippen LogP contribution in [0.4, 0.5) is 0 Å². The van der Waals surface area contributed by atoms with Gasteiger partial charge in [-0.1, -0.05) is 30.3 Å². The van der Waals surface area contributed by atoms with Gasteiger partial charge in [0.25, 0.3) is 0 Å². The summed E-state index contributed by atoms with van der Waals surface area (Å²) < 4.78 is 28.8. The summed E-state index contributed by atoms with van der Waals surface area (Å²) in [5, 5.41) is 1.78. The number of piperidine rings is 1. The first-order valence-electron chi connectivity index (χ1n) is 10.2. The van der Waals surface area contributed by atoms with E-state index in [4.69, 9.17) is 11.5 Å². The standard InChI is InChI=1S/C21H29N5O3S/c22-21(23)24-12-6-9-19(20(27)26-13-4-1-5-14-26)25-30(28,29)18-11-10-16-7-2-3-8-17(16)15-18/h2-3,7-8,10-11,15,19,25H,1,4-6,9,12-14H2,(H4,22,23,24). The molecular weight excluding hydrogens is 402 g/mol. The predicted molar refractivity (Wildman–Crippen MR) is 118 cm³/mol. The van der Waals surface area contributed by atoms with E-state index in [1.807, 2.05) is 24.3 Å². The number of nitrogens with zero attached hydrogens (tertiary/aromatic N) is 2. The molecule has 1 amide bonds. The fourth-order valence-electron chi connectivity index (χ4n) is 3.66. The van der Waals surface area contributed by atoms with Crippen molar-refractivity contribution < 1.29 is 13.2 Å². The molecule has 1 aliphatic heterocycles. The Balaban J connectivity index is 1.79. The van der Waals surface area contributed by atoms with Gasteiger partial charge in [0, 0.05) is 19.6 Å². The quantitative estimate of drug-likeness (QED) is 0.332. The van der Waals surface area contributed by atoms with E-state index in [9.17, 15) is 13.2 Å². The number of nitrogens with two attached hydrogens (primary N) is 2. The summed E-state index contributed by atoms with van der Waals surface area (Å²) in [6.45, 7) is 1.64. The van der Waals surface area contributed by atoms with E-state index in [2.05, 4.69) is 9.71 Å². The van der Waals surface area contributed by atoms with Crippen molar-refractivity contribution in [2.75, 3.05) is 19.6 Å². The zero-order valence-electron chi connectivity index (χ0n) is 17.0. The van der Waals surface area contributed by atoms with E-state index in [1.165, 1.54) is 0 Å². The zero-order valence-corrected chi connectivity index (χ0v) is 17.8. The molecule has 0 aliphatic carbocycles. The Morgan fingerprint density at radius 2 is 1.77 bits per heavy atom. The van der Waals surface area contributed by atoms with Gasteiger partial charge >= 0.3 is 0 Å². The number of guanidine groups is 1.